The van der Waals surface area contributed by atoms with Gasteiger partial charge in [-0.3, -0.25) is 0 Å². The van der Waals surface area contributed by atoms with Gasteiger partial charge >= 0.3 is 5.97 Å². The maximum absolute atomic E-state index is 12.4. The highest BCUT2D eigenvalue weighted by molar-refractivity contribution is 7.89. The van der Waals surface area contributed by atoms with Crippen molar-refractivity contribution in [2.45, 2.75) is 4.90 Å². The normalized spacial score (nSPS) is 11.6. The van der Waals surface area contributed by atoms with Crippen LogP contribution >= 0.6 is 0 Å². The third-order valence-corrected chi connectivity index (χ3v) is 5.93. The van der Waals surface area contributed by atoms with E-state index in [9.17, 15) is 13.2 Å². The van der Waals surface area contributed by atoms with Crippen LogP contribution in [0, 0.1) is 0 Å². The summed E-state index contributed by atoms with van der Waals surface area (Å²) in [4.78, 5) is 12.5. The van der Waals surface area contributed by atoms with Gasteiger partial charge in [0.05, 0.1) is 17.6 Å². The van der Waals surface area contributed by atoms with Crippen molar-refractivity contribution in [1.82, 2.24) is 4.31 Å². The average molecular weight is 385 g/mol. The SMILES string of the molecule is COc1ccc2ccc(OC(=O)c3ccc(S(=O)(=O)N(C)C)cc3)cc2c1. The monoisotopic (exact) mass is 385 g/mol. The van der Waals surface area contributed by atoms with E-state index in [0.29, 0.717) is 11.5 Å². The number of esters is 1. The first-order chi connectivity index (χ1) is 12.8. The maximum Gasteiger partial charge on any atom is 0.343 e. The molecule has 0 amide bonds. The number of fused-ring (bicyclic) bond motifs is 1. The summed E-state index contributed by atoms with van der Waals surface area (Å²) in [5, 5.41) is 1.88. The molecule has 0 spiro atoms. The Morgan fingerprint density at radius 1 is 0.852 bits per heavy atom. The molecule has 3 aromatic rings. The molecule has 0 N–H and O–H groups in total. The van der Waals surface area contributed by atoms with Gasteiger partial charge in [0, 0.05) is 14.1 Å². The predicted molar refractivity (Wildman–Crippen MR) is 103 cm³/mol. The molecule has 0 fully saturated rings. The third-order valence-electron chi connectivity index (χ3n) is 4.10. The predicted octanol–water partition coefficient (Wildman–Crippen LogP) is 3.32. The number of sulfonamides is 1. The minimum atomic E-state index is -3.54. The van der Waals surface area contributed by atoms with Gasteiger partial charge < -0.3 is 9.47 Å². The molecule has 0 radical (unpaired) electrons. The molecule has 0 unspecified atom stereocenters. The Bertz CT molecular complexity index is 1090. The number of carbonyl (C=O) groups excluding carboxylic acids is 1. The molecule has 0 aliphatic carbocycles. The summed E-state index contributed by atoms with van der Waals surface area (Å²) >= 11 is 0. The molecule has 140 valence electrons. The number of benzene rings is 3. The number of methoxy groups -OCH3 is 1. The molecule has 0 heterocycles. The molecular formula is C20H19NO5S. The van der Waals surface area contributed by atoms with Crippen molar-refractivity contribution in [3.05, 3.63) is 66.2 Å². The van der Waals surface area contributed by atoms with Gasteiger partial charge in [0.15, 0.2) is 0 Å². The molecule has 0 atom stereocenters. The van der Waals surface area contributed by atoms with Crippen LogP contribution in [-0.4, -0.2) is 39.9 Å². The lowest BCUT2D eigenvalue weighted by atomic mass is 10.1. The number of hydrogen-bond donors (Lipinski definition) is 0. The van der Waals surface area contributed by atoms with Crippen LogP contribution in [0.4, 0.5) is 0 Å². The number of ether oxygens (including phenoxy) is 2. The first-order valence-electron chi connectivity index (χ1n) is 8.14. The van der Waals surface area contributed by atoms with Crippen LogP contribution in [0.5, 0.6) is 11.5 Å². The van der Waals surface area contributed by atoms with Crippen LogP contribution in [0.1, 0.15) is 10.4 Å². The Morgan fingerprint density at radius 2 is 1.44 bits per heavy atom. The summed E-state index contributed by atoms with van der Waals surface area (Å²) in [7, 11) is 0.950. The number of rotatable bonds is 5. The first-order valence-corrected chi connectivity index (χ1v) is 9.58. The molecule has 0 aliphatic rings. The molecule has 0 bridgehead atoms. The quantitative estimate of drug-likeness (QED) is 0.498. The smallest absolute Gasteiger partial charge is 0.343 e. The second kappa shape index (κ2) is 7.38. The third kappa shape index (κ3) is 3.94. The number of nitrogens with zero attached hydrogens (tertiary/aromatic N) is 1. The van der Waals surface area contributed by atoms with Gasteiger partial charge in [-0.1, -0.05) is 12.1 Å². The van der Waals surface area contributed by atoms with Crippen LogP contribution in [-0.2, 0) is 10.0 Å². The van der Waals surface area contributed by atoms with Crippen LogP contribution in [0.3, 0.4) is 0 Å². The van der Waals surface area contributed by atoms with E-state index in [1.54, 1.807) is 19.2 Å². The lowest BCUT2D eigenvalue weighted by Gasteiger charge is -2.11. The first kappa shape index (κ1) is 18.9. The fourth-order valence-corrected chi connectivity index (χ4v) is 3.43. The Labute approximate surface area is 158 Å². The van der Waals surface area contributed by atoms with E-state index in [1.165, 1.54) is 38.4 Å². The molecule has 7 heteroatoms. The summed E-state index contributed by atoms with van der Waals surface area (Å²) in [5.41, 5.74) is 0.262. The Morgan fingerprint density at radius 3 is 2.04 bits per heavy atom. The lowest BCUT2D eigenvalue weighted by Crippen LogP contribution is -2.22. The van der Waals surface area contributed by atoms with E-state index in [2.05, 4.69) is 0 Å². The van der Waals surface area contributed by atoms with Gasteiger partial charge in [-0.2, -0.15) is 0 Å². The van der Waals surface area contributed by atoms with E-state index >= 15 is 0 Å². The van der Waals surface area contributed by atoms with Gasteiger partial charge in [-0.15, -0.1) is 0 Å². The van der Waals surface area contributed by atoms with Gasteiger partial charge in [0.25, 0.3) is 0 Å². The summed E-state index contributed by atoms with van der Waals surface area (Å²) in [6.45, 7) is 0. The minimum Gasteiger partial charge on any atom is -0.497 e. The van der Waals surface area contributed by atoms with E-state index in [4.69, 9.17) is 9.47 Å². The van der Waals surface area contributed by atoms with E-state index in [-0.39, 0.29) is 10.5 Å². The van der Waals surface area contributed by atoms with Crippen molar-refractivity contribution in [2.24, 2.45) is 0 Å². The van der Waals surface area contributed by atoms with Gasteiger partial charge in [-0.25, -0.2) is 17.5 Å². The van der Waals surface area contributed by atoms with Crippen molar-refractivity contribution < 1.29 is 22.7 Å². The molecule has 0 aliphatic heterocycles. The second-order valence-corrected chi connectivity index (χ2v) is 8.23. The van der Waals surface area contributed by atoms with E-state index in [1.807, 2.05) is 24.3 Å². The zero-order valence-electron chi connectivity index (χ0n) is 15.2. The zero-order valence-corrected chi connectivity index (χ0v) is 16.0. The standard InChI is InChI=1S/C20H19NO5S/c1-21(2)27(23,24)19-10-6-15(7-11-19)20(22)26-18-9-5-14-4-8-17(25-3)12-16(14)13-18/h4-13H,1-3H3. The average Bonchev–Trinajstić information content (AvgIpc) is 2.67. The Hall–Kier alpha value is -2.90. The zero-order chi connectivity index (χ0) is 19.6. The topological polar surface area (TPSA) is 72.9 Å². The fraction of sp³-hybridized carbons (Fsp3) is 0.150. The van der Waals surface area contributed by atoms with E-state index in [0.717, 1.165) is 15.1 Å². The summed E-state index contributed by atoms with van der Waals surface area (Å²) in [6.07, 6.45) is 0. The molecule has 0 saturated carbocycles. The van der Waals surface area contributed by atoms with Crippen LogP contribution in [0.2, 0.25) is 0 Å². The van der Waals surface area contributed by atoms with Crippen molar-refractivity contribution >= 4 is 26.8 Å². The Balaban J connectivity index is 1.82. The number of hydrogen-bond acceptors (Lipinski definition) is 5. The highest BCUT2D eigenvalue weighted by Gasteiger charge is 2.18. The van der Waals surface area contributed by atoms with Crippen LogP contribution in [0.25, 0.3) is 10.8 Å². The molecule has 6 nitrogen and oxygen atoms in total. The van der Waals surface area contributed by atoms with Crippen LogP contribution in [0.15, 0.2) is 65.6 Å². The van der Waals surface area contributed by atoms with Gasteiger partial charge in [0.2, 0.25) is 10.0 Å². The molecule has 0 saturated heterocycles. The van der Waals surface area contributed by atoms with Crippen molar-refractivity contribution in [3.63, 3.8) is 0 Å². The molecule has 3 aromatic carbocycles. The highest BCUT2D eigenvalue weighted by Crippen LogP contribution is 2.25. The summed E-state index contributed by atoms with van der Waals surface area (Å²) in [5.74, 6) is 0.542. The molecule has 3 rings (SSSR count). The molecule has 27 heavy (non-hydrogen) atoms. The molecular weight excluding hydrogens is 366 g/mol. The minimum absolute atomic E-state index is 0.113. The Kier molecular flexibility index (Phi) is 5.16. The van der Waals surface area contributed by atoms with Crippen molar-refractivity contribution in [2.75, 3.05) is 21.2 Å². The van der Waals surface area contributed by atoms with Crippen LogP contribution < -0.4 is 9.47 Å². The fourth-order valence-electron chi connectivity index (χ4n) is 2.53. The van der Waals surface area contributed by atoms with Crippen molar-refractivity contribution in [1.29, 1.82) is 0 Å². The van der Waals surface area contributed by atoms with Gasteiger partial charge in [-0.05, 0) is 59.3 Å². The largest absolute Gasteiger partial charge is 0.497 e. The lowest BCUT2D eigenvalue weighted by molar-refractivity contribution is 0.0735. The van der Waals surface area contributed by atoms with Gasteiger partial charge in [0.1, 0.15) is 11.5 Å². The summed E-state index contributed by atoms with van der Waals surface area (Å²) < 4.78 is 35.9. The van der Waals surface area contributed by atoms with E-state index < -0.39 is 16.0 Å². The molecule has 0 aromatic heterocycles. The highest BCUT2D eigenvalue weighted by atomic mass is 32.2. The second-order valence-electron chi connectivity index (χ2n) is 6.08. The summed E-state index contributed by atoms with van der Waals surface area (Å²) in [6, 6.07) is 16.6. The maximum atomic E-state index is 12.4. The number of carbonyl (C=O) groups is 1. The van der Waals surface area contributed by atoms with Crippen molar-refractivity contribution in [3.8, 4) is 11.5 Å².